The Morgan fingerprint density at radius 1 is 1.44 bits per heavy atom. The maximum atomic E-state index is 12.7. The van der Waals surface area contributed by atoms with Gasteiger partial charge in [-0.15, -0.1) is 0 Å². The van der Waals surface area contributed by atoms with Gasteiger partial charge in [0.15, 0.2) is 0 Å². The smallest absolute Gasteiger partial charge is 0.271 e. The number of hydrazine groups is 1. The Labute approximate surface area is 112 Å². The van der Waals surface area contributed by atoms with E-state index in [1.807, 2.05) is 19.3 Å². The normalized spacial score (nSPS) is 13.9. The van der Waals surface area contributed by atoms with Gasteiger partial charge in [0.1, 0.15) is 6.04 Å². The number of alkyl halides is 3. The Hall–Kier alpha value is -0.600. The predicted molar refractivity (Wildman–Crippen MR) is 65.8 cm³/mol. The SMILES string of the molecule is CCc1nn(CC)c(CC(NN)C(F)(F)F)c1Br. The van der Waals surface area contributed by atoms with Crippen LogP contribution in [0.5, 0.6) is 0 Å². The lowest BCUT2D eigenvalue weighted by Gasteiger charge is -2.19. The van der Waals surface area contributed by atoms with Gasteiger partial charge in [-0.25, -0.2) is 5.43 Å². The monoisotopic (exact) mass is 328 g/mol. The van der Waals surface area contributed by atoms with Gasteiger partial charge in [0.25, 0.3) is 0 Å². The van der Waals surface area contributed by atoms with E-state index in [1.165, 1.54) is 0 Å². The molecule has 18 heavy (non-hydrogen) atoms. The van der Waals surface area contributed by atoms with Crippen molar-refractivity contribution in [2.24, 2.45) is 5.84 Å². The van der Waals surface area contributed by atoms with Crippen molar-refractivity contribution < 1.29 is 13.2 Å². The van der Waals surface area contributed by atoms with Crippen LogP contribution in [-0.4, -0.2) is 22.0 Å². The molecule has 8 heteroatoms. The van der Waals surface area contributed by atoms with Crippen molar-refractivity contribution in [3.63, 3.8) is 0 Å². The summed E-state index contributed by atoms with van der Waals surface area (Å²) in [7, 11) is 0. The number of aryl methyl sites for hydroxylation is 2. The molecule has 1 rings (SSSR count). The van der Waals surface area contributed by atoms with Gasteiger partial charge in [0, 0.05) is 13.0 Å². The lowest BCUT2D eigenvalue weighted by Crippen LogP contribution is -2.47. The molecule has 1 unspecified atom stereocenters. The predicted octanol–water partition coefficient (Wildman–Crippen LogP) is 2.16. The molecular weight excluding hydrogens is 313 g/mol. The maximum absolute atomic E-state index is 12.7. The minimum Gasteiger partial charge on any atom is -0.271 e. The molecule has 0 saturated carbocycles. The van der Waals surface area contributed by atoms with Crippen LogP contribution in [0, 0.1) is 0 Å². The fourth-order valence-electron chi connectivity index (χ4n) is 1.67. The standard InChI is InChI=1S/C10H16BrF3N4/c1-3-6-9(11)7(18(4-2)17-6)5-8(16-15)10(12,13)14/h8,16H,3-5,15H2,1-2H3. The molecule has 0 aliphatic heterocycles. The van der Waals surface area contributed by atoms with Crippen molar-refractivity contribution in [3.05, 3.63) is 15.9 Å². The zero-order valence-electron chi connectivity index (χ0n) is 10.2. The van der Waals surface area contributed by atoms with E-state index in [9.17, 15) is 13.2 Å². The molecule has 0 aliphatic carbocycles. The lowest BCUT2D eigenvalue weighted by molar-refractivity contribution is -0.155. The fraction of sp³-hybridized carbons (Fsp3) is 0.700. The summed E-state index contributed by atoms with van der Waals surface area (Å²) in [6.45, 7) is 4.25. The number of nitrogens with two attached hydrogens (primary N) is 1. The molecule has 1 heterocycles. The summed E-state index contributed by atoms with van der Waals surface area (Å²) >= 11 is 3.31. The van der Waals surface area contributed by atoms with Gasteiger partial charge in [0.05, 0.1) is 15.9 Å². The van der Waals surface area contributed by atoms with Crippen LogP contribution in [0.15, 0.2) is 4.47 Å². The van der Waals surface area contributed by atoms with Crippen molar-refractivity contribution in [3.8, 4) is 0 Å². The first-order valence-electron chi connectivity index (χ1n) is 5.61. The zero-order valence-corrected chi connectivity index (χ0v) is 11.8. The first-order valence-corrected chi connectivity index (χ1v) is 6.41. The minimum atomic E-state index is -4.39. The van der Waals surface area contributed by atoms with Crippen LogP contribution in [0.25, 0.3) is 0 Å². The van der Waals surface area contributed by atoms with E-state index in [0.717, 1.165) is 5.69 Å². The molecule has 0 fully saturated rings. The average molecular weight is 329 g/mol. The molecular formula is C10H16BrF3N4. The molecule has 0 bridgehead atoms. The van der Waals surface area contributed by atoms with Crippen LogP contribution in [0.3, 0.4) is 0 Å². The highest BCUT2D eigenvalue weighted by Crippen LogP contribution is 2.28. The number of hydrogen-bond acceptors (Lipinski definition) is 3. The number of aromatic nitrogens is 2. The summed E-state index contributed by atoms with van der Waals surface area (Å²) < 4.78 is 40.2. The van der Waals surface area contributed by atoms with Crippen LogP contribution in [-0.2, 0) is 19.4 Å². The third kappa shape index (κ3) is 3.24. The fourth-order valence-corrected chi connectivity index (χ4v) is 2.40. The molecule has 0 aliphatic rings. The topological polar surface area (TPSA) is 55.9 Å². The molecule has 104 valence electrons. The lowest BCUT2D eigenvalue weighted by atomic mass is 10.1. The second kappa shape index (κ2) is 6.03. The van der Waals surface area contributed by atoms with Crippen LogP contribution >= 0.6 is 15.9 Å². The van der Waals surface area contributed by atoms with Crippen LogP contribution in [0.1, 0.15) is 25.2 Å². The Balaban J connectivity index is 3.05. The molecule has 1 aromatic heterocycles. The van der Waals surface area contributed by atoms with Crippen molar-refractivity contribution >= 4 is 15.9 Å². The molecule has 0 radical (unpaired) electrons. The van der Waals surface area contributed by atoms with Gasteiger partial charge in [-0.2, -0.15) is 18.3 Å². The van der Waals surface area contributed by atoms with Crippen molar-refractivity contribution in [2.45, 2.75) is 45.5 Å². The van der Waals surface area contributed by atoms with Gasteiger partial charge in [-0.1, -0.05) is 6.92 Å². The van der Waals surface area contributed by atoms with Gasteiger partial charge < -0.3 is 0 Å². The molecule has 0 aromatic carbocycles. The van der Waals surface area contributed by atoms with Crippen LogP contribution in [0.2, 0.25) is 0 Å². The minimum absolute atomic E-state index is 0.249. The van der Waals surface area contributed by atoms with Gasteiger partial charge >= 0.3 is 6.18 Å². The summed E-state index contributed by atoms with van der Waals surface area (Å²) in [4.78, 5) is 0. The molecule has 1 aromatic rings. The first kappa shape index (κ1) is 15.5. The van der Waals surface area contributed by atoms with Crippen molar-refractivity contribution in [2.75, 3.05) is 0 Å². The number of rotatable bonds is 5. The van der Waals surface area contributed by atoms with E-state index in [0.29, 0.717) is 23.1 Å². The second-order valence-corrected chi connectivity index (χ2v) is 4.63. The van der Waals surface area contributed by atoms with Crippen LogP contribution < -0.4 is 11.3 Å². The number of hydrogen-bond donors (Lipinski definition) is 2. The highest BCUT2D eigenvalue weighted by Gasteiger charge is 2.40. The molecule has 1 atom stereocenters. The number of halogens is 4. The largest absolute Gasteiger partial charge is 0.405 e. The maximum Gasteiger partial charge on any atom is 0.405 e. The first-order chi connectivity index (χ1) is 8.35. The van der Waals surface area contributed by atoms with Crippen molar-refractivity contribution in [1.82, 2.24) is 15.2 Å². The van der Waals surface area contributed by atoms with Crippen molar-refractivity contribution in [1.29, 1.82) is 0 Å². The quantitative estimate of drug-likeness (QED) is 0.643. The molecule has 4 nitrogen and oxygen atoms in total. The summed E-state index contributed by atoms with van der Waals surface area (Å²) in [6.07, 6.45) is -3.97. The van der Waals surface area contributed by atoms with Gasteiger partial charge in [-0.05, 0) is 29.3 Å². The molecule has 3 N–H and O–H groups in total. The van der Waals surface area contributed by atoms with E-state index < -0.39 is 12.2 Å². The summed E-state index contributed by atoms with van der Waals surface area (Å²) in [5.74, 6) is 4.97. The number of nitrogens with zero attached hydrogens (tertiary/aromatic N) is 2. The average Bonchev–Trinajstić information content (AvgIpc) is 2.60. The Morgan fingerprint density at radius 2 is 2.06 bits per heavy atom. The molecule has 0 saturated heterocycles. The second-order valence-electron chi connectivity index (χ2n) is 3.84. The van der Waals surface area contributed by atoms with E-state index >= 15 is 0 Å². The highest BCUT2D eigenvalue weighted by atomic mass is 79.9. The summed E-state index contributed by atoms with van der Waals surface area (Å²) in [6, 6.07) is -1.78. The van der Waals surface area contributed by atoms with E-state index in [4.69, 9.17) is 5.84 Å². The Kier molecular flexibility index (Phi) is 5.18. The summed E-state index contributed by atoms with van der Waals surface area (Å²) in [5, 5.41) is 4.25. The summed E-state index contributed by atoms with van der Waals surface area (Å²) in [5.41, 5.74) is 3.07. The van der Waals surface area contributed by atoms with Gasteiger partial charge in [-0.3, -0.25) is 10.5 Å². The van der Waals surface area contributed by atoms with E-state index in [1.54, 1.807) is 4.68 Å². The van der Waals surface area contributed by atoms with Crippen LogP contribution in [0.4, 0.5) is 13.2 Å². The Bertz CT molecular complexity index is 403. The number of nitrogens with one attached hydrogen (secondary N) is 1. The molecule has 0 amide bonds. The molecule has 0 spiro atoms. The zero-order chi connectivity index (χ0) is 13.9. The third-order valence-electron chi connectivity index (χ3n) is 2.69. The van der Waals surface area contributed by atoms with Gasteiger partial charge in [0.2, 0.25) is 0 Å². The Morgan fingerprint density at radius 3 is 2.44 bits per heavy atom. The highest BCUT2D eigenvalue weighted by molar-refractivity contribution is 9.10. The van der Waals surface area contributed by atoms with E-state index in [2.05, 4.69) is 21.0 Å². The third-order valence-corrected chi connectivity index (χ3v) is 3.60. The van der Waals surface area contributed by atoms with E-state index in [-0.39, 0.29) is 6.42 Å².